The van der Waals surface area contributed by atoms with Crippen LogP contribution in [0.25, 0.3) is 0 Å². The number of hydrogen-bond acceptors (Lipinski definition) is 5. The first-order valence-electron chi connectivity index (χ1n) is 9.23. The van der Waals surface area contributed by atoms with Gasteiger partial charge in [0.15, 0.2) is 17.5 Å². The van der Waals surface area contributed by atoms with Crippen LogP contribution in [0.2, 0.25) is 0 Å². The van der Waals surface area contributed by atoms with E-state index in [0.717, 1.165) is 49.4 Å². The average Bonchev–Trinajstić information content (AvgIpc) is 3.11. The fourth-order valence-corrected chi connectivity index (χ4v) is 3.18. The molecule has 1 heterocycles. The van der Waals surface area contributed by atoms with Crippen molar-refractivity contribution in [3.63, 3.8) is 0 Å². The molecule has 0 bridgehead atoms. The highest BCUT2D eigenvalue weighted by molar-refractivity contribution is 5.93. The van der Waals surface area contributed by atoms with Crippen molar-refractivity contribution in [3.8, 4) is 11.5 Å². The molecule has 1 aromatic rings. The van der Waals surface area contributed by atoms with E-state index in [2.05, 4.69) is 20.5 Å². The molecule has 1 saturated heterocycles. The SMILES string of the molecule is CCOc1cc(NC(=NC)NCC2CCCN2CCOC)ccc1OC. The Kier molecular flexibility index (Phi) is 8.50. The van der Waals surface area contributed by atoms with E-state index in [1.807, 2.05) is 25.1 Å². The Labute approximate surface area is 156 Å². The third-order valence-corrected chi connectivity index (χ3v) is 4.54. The minimum absolute atomic E-state index is 0.513. The highest BCUT2D eigenvalue weighted by Gasteiger charge is 2.24. The summed E-state index contributed by atoms with van der Waals surface area (Å²) in [6.45, 7) is 6.29. The minimum Gasteiger partial charge on any atom is -0.493 e. The summed E-state index contributed by atoms with van der Waals surface area (Å²) in [4.78, 5) is 6.81. The van der Waals surface area contributed by atoms with Gasteiger partial charge in [-0.05, 0) is 38.4 Å². The molecule has 0 amide bonds. The molecular formula is C19H32N4O3. The van der Waals surface area contributed by atoms with Gasteiger partial charge in [0.05, 0.1) is 20.3 Å². The van der Waals surface area contributed by atoms with Crippen LogP contribution in [0.1, 0.15) is 19.8 Å². The van der Waals surface area contributed by atoms with Crippen molar-refractivity contribution >= 4 is 11.6 Å². The second kappa shape index (κ2) is 10.9. The predicted molar refractivity (Wildman–Crippen MR) is 106 cm³/mol. The van der Waals surface area contributed by atoms with Crippen LogP contribution in [0.5, 0.6) is 11.5 Å². The number of nitrogens with one attached hydrogen (secondary N) is 2. The maximum absolute atomic E-state index is 5.63. The van der Waals surface area contributed by atoms with Gasteiger partial charge in [0.25, 0.3) is 0 Å². The van der Waals surface area contributed by atoms with E-state index in [0.29, 0.717) is 12.6 Å². The maximum atomic E-state index is 5.63. The molecule has 0 saturated carbocycles. The summed E-state index contributed by atoms with van der Waals surface area (Å²) in [5, 5.41) is 6.75. The standard InChI is InChI=1S/C19H32N4O3/c1-5-26-18-13-15(8-9-17(18)25-4)22-19(20-2)21-14-16-7-6-10-23(16)11-12-24-3/h8-9,13,16H,5-7,10-12,14H2,1-4H3,(H2,20,21,22). The van der Waals surface area contributed by atoms with Gasteiger partial charge in [-0.25, -0.2) is 0 Å². The Morgan fingerprint density at radius 1 is 1.31 bits per heavy atom. The highest BCUT2D eigenvalue weighted by atomic mass is 16.5. The fraction of sp³-hybridized carbons (Fsp3) is 0.632. The third-order valence-electron chi connectivity index (χ3n) is 4.54. The van der Waals surface area contributed by atoms with E-state index in [9.17, 15) is 0 Å². The zero-order valence-electron chi connectivity index (χ0n) is 16.4. The van der Waals surface area contributed by atoms with Gasteiger partial charge < -0.3 is 24.8 Å². The van der Waals surface area contributed by atoms with Gasteiger partial charge >= 0.3 is 0 Å². The monoisotopic (exact) mass is 364 g/mol. The molecule has 0 aromatic heterocycles. The van der Waals surface area contributed by atoms with Crippen LogP contribution < -0.4 is 20.1 Å². The molecule has 1 aromatic carbocycles. The Bertz CT molecular complexity index is 580. The number of methoxy groups -OCH3 is 2. The Balaban J connectivity index is 1.92. The summed E-state index contributed by atoms with van der Waals surface area (Å²) in [6.07, 6.45) is 2.43. The van der Waals surface area contributed by atoms with Gasteiger partial charge in [-0.3, -0.25) is 9.89 Å². The van der Waals surface area contributed by atoms with Crippen LogP contribution in [0.4, 0.5) is 5.69 Å². The second-order valence-electron chi connectivity index (χ2n) is 6.20. The van der Waals surface area contributed by atoms with E-state index in [4.69, 9.17) is 14.2 Å². The molecule has 0 aliphatic carbocycles. The summed E-state index contributed by atoms with van der Waals surface area (Å²) in [7, 11) is 5.17. The van der Waals surface area contributed by atoms with E-state index >= 15 is 0 Å². The number of hydrogen-bond donors (Lipinski definition) is 2. The van der Waals surface area contributed by atoms with Crippen molar-refractivity contribution in [1.82, 2.24) is 10.2 Å². The summed E-state index contributed by atoms with van der Waals surface area (Å²) in [5.41, 5.74) is 0.907. The third kappa shape index (κ3) is 5.78. The van der Waals surface area contributed by atoms with Crippen molar-refractivity contribution in [3.05, 3.63) is 18.2 Å². The first kappa shape index (κ1) is 20.3. The van der Waals surface area contributed by atoms with Crippen molar-refractivity contribution in [2.75, 3.05) is 59.4 Å². The minimum atomic E-state index is 0.513. The molecule has 7 nitrogen and oxygen atoms in total. The van der Waals surface area contributed by atoms with Crippen LogP contribution in [0.3, 0.4) is 0 Å². The topological polar surface area (TPSA) is 67.4 Å². The van der Waals surface area contributed by atoms with E-state index in [1.165, 1.54) is 12.8 Å². The van der Waals surface area contributed by atoms with Gasteiger partial charge in [-0.2, -0.15) is 0 Å². The first-order chi connectivity index (χ1) is 12.7. The van der Waals surface area contributed by atoms with E-state index in [1.54, 1.807) is 21.3 Å². The number of nitrogens with zero attached hydrogens (tertiary/aromatic N) is 2. The maximum Gasteiger partial charge on any atom is 0.195 e. The van der Waals surface area contributed by atoms with Gasteiger partial charge in [0.2, 0.25) is 0 Å². The van der Waals surface area contributed by atoms with Gasteiger partial charge in [-0.15, -0.1) is 0 Å². The lowest BCUT2D eigenvalue weighted by Crippen LogP contribution is -2.43. The smallest absolute Gasteiger partial charge is 0.195 e. The number of guanidine groups is 1. The van der Waals surface area contributed by atoms with Crippen molar-refractivity contribution in [2.45, 2.75) is 25.8 Å². The lowest BCUT2D eigenvalue weighted by atomic mass is 10.2. The molecule has 7 heteroatoms. The van der Waals surface area contributed by atoms with Crippen molar-refractivity contribution in [1.29, 1.82) is 0 Å². The molecule has 1 fully saturated rings. The van der Waals surface area contributed by atoms with Gasteiger partial charge in [-0.1, -0.05) is 0 Å². The molecule has 1 atom stereocenters. The number of ether oxygens (including phenoxy) is 3. The summed E-state index contributed by atoms with van der Waals surface area (Å²) < 4.78 is 16.2. The molecule has 0 radical (unpaired) electrons. The summed E-state index contributed by atoms with van der Waals surface area (Å²) >= 11 is 0. The molecule has 1 aliphatic heterocycles. The van der Waals surface area contributed by atoms with Crippen molar-refractivity contribution < 1.29 is 14.2 Å². The molecule has 26 heavy (non-hydrogen) atoms. The Morgan fingerprint density at radius 3 is 2.85 bits per heavy atom. The molecule has 2 rings (SSSR count). The van der Waals surface area contributed by atoms with Crippen LogP contribution in [0, 0.1) is 0 Å². The quantitative estimate of drug-likeness (QED) is 0.517. The Morgan fingerprint density at radius 2 is 2.15 bits per heavy atom. The highest BCUT2D eigenvalue weighted by Crippen LogP contribution is 2.30. The molecule has 0 spiro atoms. The largest absolute Gasteiger partial charge is 0.493 e. The van der Waals surface area contributed by atoms with E-state index < -0.39 is 0 Å². The van der Waals surface area contributed by atoms with E-state index in [-0.39, 0.29) is 0 Å². The number of anilines is 1. The fourth-order valence-electron chi connectivity index (χ4n) is 3.18. The lowest BCUT2D eigenvalue weighted by molar-refractivity contribution is 0.141. The summed E-state index contributed by atoms with van der Waals surface area (Å²) in [6, 6.07) is 6.28. The second-order valence-corrected chi connectivity index (χ2v) is 6.20. The van der Waals surface area contributed by atoms with Gasteiger partial charge in [0.1, 0.15) is 0 Å². The van der Waals surface area contributed by atoms with Crippen LogP contribution in [-0.2, 0) is 4.74 Å². The number of benzene rings is 1. The lowest BCUT2D eigenvalue weighted by Gasteiger charge is -2.25. The molecule has 1 unspecified atom stereocenters. The Hall–Kier alpha value is -1.99. The van der Waals surface area contributed by atoms with Crippen LogP contribution in [0.15, 0.2) is 23.2 Å². The molecule has 146 valence electrons. The number of aliphatic imine (C=N–C) groups is 1. The molecular weight excluding hydrogens is 332 g/mol. The van der Waals surface area contributed by atoms with Crippen molar-refractivity contribution in [2.24, 2.45) is 4.99 Å². The first-order valence-corrected chi connectivity index (χ1v) is 9.23. The number of rotatable bonds is 9. The zero-order valence-corrected chi connectivity index (χ0v) is 16.4. The normalized spacial score (nSPS) is 18.0. The average molecular weight is 364 g/mol. The predicted octanol–water partition coefficient (Wildman–Crippen LogP) is 2.19. The molecule has 2 N–H and O–H groups in total. The van der Waals surface area contributed by atoms with Gasteiger partial charge in [0, 0.05) is 45.0 Å². The van der Waals surface area contributed by atoms with Crippen LogP contribution >= 0.6 is 0 Å². The molecule has 1 aliphatic rings. The number of likely N-dealkylation sites (tertiary alicyclic amines) is 1. The van der Waals surface area contributed by atoms with Crippen LogP contribution in [-0.4, -0.2) is 71.0 Å². The summed E-state index contributed by atoms with van der Waals surface area (Å²) in [5.74, 6) is 2.19. The zero-order chi connectivity index (χ0) is 18.8.